The molecule has 20 heavy (non-hydrogen) atoms. The SMILES string of the molecule is CCCN(CCOc1ccc(C#N)cc1)CC(=O)NC. The van der Waals surface area contributed by atoms with Gasteiger partial charge in [0.15, 0.2) is 0 Å². The van der Waals surface area contributed by atoms with Crippen LogP contribution in [0.1, 0.15) is 18.9 Å². The Kier molecular flexibility index (Phi) is 7.15. The number of amides is 1. The Morgan fingerprint density at radius 3 is 2.60 bits per heavy atom. The zero-order chi connectivity index (χ0) is 14.8. The van der Waals surface area contributed by atoms with Gasteiger partial charge in [0, 0.05) is 13.6 Å². The number of nitrogens with one attached hydrogen (secondary N) is 1. The molecule has 0 aliphatic carbocycles. The van der Waals surface area contributed by atoms with Crippen molar-refractivity contribution in [1.29, 1.82) is 5.26 Å². The van der Waals surface area contributed by atoms with Crippen LogP contribution in [0.3, 0.4) is 0 Å². The highest BCUT2D eigenvalue weighted by Crippen LogP contribution is 2.11. The summed E-state index contributed by atoms with van der Waals surface area (Å²) in [6.07, 6.45) is 0.994. The first-order chi connectivity index (χ1) is 9.69. The van der Waals surface area contributed by atoms with Crippen LogP contribution in [0, 0.1) is 11.3 Å². The Hall–Kier alpha value is -2.06. The number of hydrogen-bond donors (Lipinski definition) is 1. The largest absolute Gasteiger partial charge is 0.492 e. The Morgan fingerprint density at radius 2 is 2.05 bits per heavy atom. The molecule has 1 aromatic rings. The monoisotopic (exact) mass is 275 g/mol. The summed E-state index contributed by atoms with van der Waals surface area (Å²) in [5.74, 6) is 0.747. The molecular formula is C15H21N3O2. The fourth-order valence-electron chi connectivity index (χ4n) is 1.79. The van der Waals surface area contributed by atoms with E-state index in [1.165, 1.54) is 0 Å². The molecule has 1 N–H and O–H groups in total. The summed E-state index contributed by atoms with van der Waals surface area (Å²) < 4.78 is 5.61. The summed E-state index contributed by atoms with van der Waals surface area (Å²) in [6, 6.07) is 9.08. The van der Waals surface area contributed by atoms with Gasteiger partial charge in [-0.2, -0.15) is 5.26 Å². The van der Waals surface area contributed by atoms with E-state index in [4.69, 9.17) is 10.00 Å². The minimum absolute atomic E-state index is 0.0109. The molecule has 0 atom stereocenters. The van der Waals surface area contributed by atoms with E-state index in [1.807, 2.05) is 0 Å². The number of carbonyl (C=O) groups is 1. The molecule has 0 unspecified atom stereocenters. The zero-order valence-electron chi connectivity index (χ0n) is 12.1. The summed E-state index contributed by atoms with van der Waals surface area (Å²) in [6.45, 7) is 4.55. The number of carbonyl (C=O) groups excluding carboxylic acids is 1. The van der Waals surface area contributed by atoms with Crippen LogP contribution in [0.2, 0.25) is 0 Å². The standard InChI is InChI=1S/C15H21N3O2/c1-3-8-18(12-15(19)17-2)9-10-20-14-6-4-13(11-16)5-7-14/h4-7H,3,8-10,12H2,1-2H3,(H,17,19). The van der Waals surface area contributed by atoms with E-state index >= 15 is 0 Å². The summed E-state index contributed by atoms with van der Waals surface area (Å²) in [7, 11) is 1.64. The van der Waals surface area contributed by atoms with Gasteiger partial charge < -0.3 is 10.1 Å². The highest BCUT2D eigenvalue weighted by molar-refractivity contribution is 5.77. The predicted molar refractivity (Wildman–Crippen MR) is 77.4 cm³/mol. The fraction of sp³-hybridized carbons (Fsp3) is 0.467. The van der Waals surface area contributed by atoms with Gasteiger partial charge in [-0.1, -0.05) is 6.92 Å². The normalized spacial score (nSPS) is 10.1. The third-order valence-electron chi connectivity index (χ3n) is 2.85. The molecular weight excluding hydrogens is 254 g/mol. The molecule has 0 saturated carbocycles. The lowest BCUT2D eigenvalue weighted by Gasteiger charge is -2.20. The van der Waals surface area contributed by atoms with Gasteiger partial charge in [-0.05, 0) is 37.2 Å². The minimum atomic E-state index is 0.0109. The van der Waals surface area contributed by atoms with Crippen molar-refractivity contribution in [3.8, 4) is 11.8 Å². The molecule has 0 aromatic heterocycles. The molecule has 0 bridgehead atoms. The van der Waals surface area contributed by atoms with Gasteiger partial charge in [0.1, 0.15) is 12.4 Å². The molecule has 5 heteroatoms. The second kappa shape index (κ2) is 8.94. The summed E-state index contributed by atoms with van der Waals surface area (Å²) in [4.78, 5) is 13.4. The highest BCUT2D eigenvalue weighted by Gasteiger charge is 2.08. The van der Waals surface area contributed by atoms with Crippen molar-refractivity contribution in [1.82, 2.24) is 10.2 Å². The van der Waals surface area contributed by atoms with E-state index in [-0.39, 0.29) is 5.91 Å². The maximum atomic E-state index is 11.4. The van der Waals surface area contributed by atoms with Gasteiger partial charge in [0.05, 0.1) is 18.2 Å². The van der Waals surface area contributed by atoms with Gasteiger partial charge in [0.25, 0.3) is 0 Å². The van der Waals surface area contributed by atoms with Crippen molar-refractivity contribution in [2.45, 2.75) is 13.3 Å². The van der Waals surface area contributed by atoms with Crippen molar-refractivity contribution < 1.29 is 9.53 Å². The van der Waals surface area contributed by atoms with Crippen molar-refractivity contribution in [2.24, 2.45) is 0 Å². The smallest absolute Gasteiger partial charge is 0.233 e. The zero-order valence-corrected chi connectivity index (χ0v) is 12.1. The lowest BCUT2D eigenvalue weighted by Crippen LogP contribution is -2.38. The number of nitriles is 1. The average molecular weight is 275 g/mol. The number of likely N-dealkylation sites (N-methyl/N-ethyl adjacent to an activating group) is 1. The van der Waals surface area contributed by atoms with E-state index in [0.29, 0.717) is 25.3 Å². The molecule has 0 aliphatic rings. The summed E-state index contributed by atoms with van der Waals surface area (Å²) in [5, 5.41) is 11.3. The molecule has 1 amide bonds. The molecule has 5 nitrogen and oxygen atoms in total. The summed E-state index contributed by atoms with van der Waals surface area (Å²) in [5.41, 5.74) is 0.615. The molecule has 0 saturated heterocycles. The van der Waals surface area contributed by atoms with E-state index in [2.05, 4.69) is 23.2 Å². The minimum Gasteiger partial charge on any atom is -0.492 e. The van der Waals surface area contributed by atoms with Crippen LogP contribution in [0.4, 0.5) is 0 Å². The molecule has 0 heterocycles. The molecule has 1 rings (SSSR count). The first-order valence-electron chi connectivity index (χ1n) is 6.75. The second-order valence-corrected chi connectivity index (χ2v) is 4.43. The Bertz CT molecular complexity index is 451. The van der Waals surface area contributed by atoms with Crippen LogP contribution in [-0.4, -0.2) is 44.1 Å². The lowest BCUT2D eigenvalue weighted by atomic mass is 10.2. The quantitative estimate of drug-likeness (QED) is 0.778. The van der Waals surface area contributed by atoms with E-state index < -0.39 is 0 Å². The van der Waals surface area contributed by atoms with Crippen LogP contribution < -0.4 is 10.1 Å². The van der Waals surface area contributed by atoms with Gasteiger partial charge in [-0.15, -0.1) is 0 Å². The molecule has 108 valence electrons. The second-order valence-electron chi connectivity index (χ2n) is 4.43. The third-order valence-corrected chi connectivity index (χ3v) is 2.85. The topological polar surface area (TPSA) is 65.4 Å². The van der Waals surface area contributed by atoms with Crippen molar-refractivity contribution in [2.75, 3.05) is 33.3 Å². The predicted octanol–water partition coefficient (Wildman–Crippen LogP) is 1.40. The third kappa shape index (κ3) is 5.72. The van der Waals surface area contributed by atoms with Crippen molar-refractivity contribution in [3.63, 3.8) is 0 Å². The maximum absolute atomic E-state index is 11.4. The number of hydrogen-bond acceptors (Lipinski definition) is 4. The van der Waals surface area contributed by atoms with Crippen LogP contribution in [0.15, 0.2) is 24.3 Å². The fourth-order valence-corrected chi connectivity index (χ4v) is 1.79. The van der Waals surface area contributed by atoms with Crippen molar-refractivity contribution in [3.05, 3.63) is 29.8 Å². The van der Waals surface area contributed by atoms with Crippen LogP contribution in [0.5, 0.6) is 5.75 Å². The first kappa shape index (κ1) is 16.0. The molecule has 0 spiro atoms. The van der Waals surface area contributed by atoms with Gasteiger partial charge in [-0.3, -0.25) is 9.69 Å². The van der Waals surface area contributed by atoms with Crippen molar-refractivity contribution >= 4 is 5.91 Å². The van der Waals surface area contributed by atoms with Crippen LogP contribution in [0.25, 0.3) is 0 Å². The Balaban J connectivity index is 2.39. The Morgan fingerprint density at radius 1 is 1.35 bits per heavy atom. The Labute approximate surface area is 120 Å². The van der Waals surface area contributed by atoms with Crippen LogP contribution in [-0.2, 0) is 4.79 Å². The first-order valence-corrected chi connectivity index (χ1v) is 6.75. The number of nitrogens with zero attached hydrogens (tertiary/aromatic N) is 2. The number of rotatable bonds is 8. The van der Waals surface area contributed by atoms with E-state index in [0.717, 1.165) is 18.7 Å². The molecule has 1 aromatic carbocycles. The molecule has 0 aliphatic heterocycles. The summed E-state index contributed by atoms with van der Waals surface area (Å²) >= 11 is 0. The number of ether oxygens (including phenoxy) is 1. The van der Waals surface area contributed by atoms with Gasteiger partial charge >= 0.3 is 0 Å². The average Bonchev–Trinajstić information content (AvgIpc) is 2.48. The highest BCUT2D eigenvalue weighted by atomic mass is 16.5. The molecule has 0 fully saturated rings. The van der Waals surface area contributed by atoms with Gasteiger partial charge in [0.2, 0.25) is 5.91 Å². The lowest BCUT2D eigenvalue weighted by molar-refractivity contribution is -0.121. The molecule has 0 radical (unpaired) electrons. The number of benzene rings is 1. The van der Waals surface area contributed by atoms with Gasteiger partial charge in [-0.25, -0.2) is 0 Å². The van der Waals surface area contributed by atoms with Crippen LogP contribution >= 0.6 is 0 Å². The van der Waals surface area contributed by atoms with E-state index in [1.54, 1.807) is 31.3 Å². The van der Waals surface area contributed by atoms with E-state index in [9.17, 15) is 4.79 Å². The maximum Gasteiger partial charge on any atom is 0.233 e.